The SMILES string of the molecule is COc1ccc(C)cc1-n1c(SCC(=O)N(C)C)nc2sc(C)c(C)c2c1=O. The molecule has 3 aromatic rings. The van der Waals surface area contributed by atoms with Crippen LogP contribution in [0.4, 0.5) is 0 Å². The Labute approximate surface area is 172 Å². The van der Waals surface area contributed by atoms with Crippen molar-refractivity contribution in [2.75, 3.05) is 27.0 Å². The van der Waals surface area contributed by atoms with E-state index < -0.39 is 0 Å². The molecule has 1 aromatic carbocycles. The number of methoxy groups -OCH3 is 1. The van der Waals surface area contributed by atoms with Gasteiger partial charge in [-0.05, 0) is 44.0 Å². The summed E-state index contributed by atoms with van der Waals surface area (Å²) in [5, 5.41) is 1.10. The molecule has 0 aliphatic carbocycles. The molecule has 0 unspecified atom stereocenters. The Bertz CT molecular complexity index is 1120. The average Bonchev–Trinajstić information content (AvgIpc) is 2.93. The molecule has 0 saturated carbocycles. The summed E-state index contributed by atoms with van der Waals surface area (Å²) in [6.45, 7) is 5.89. The van der Waals surface area contributed by atoms with Gasteiger partial charge in [0.2, 0.25) is 5.91 Å². The van der Waals surface area contributed by atoms with Gasteiger partial charge in [-0.15, -0.1) is 11.3 Å². The second-order valence-corrected chi connectivity index (χ2v) is 8.90. The molecule has 0 radical (unpaired) electrons. The predicted molar refractivity (Wildman–Crippen MR) is 115 cm³/mol. The highest BCUT2D eigenvalue weighted by Gasteiger charge is 2.21. The van der Waals surface area contributed by atoms with Gasteiger partial charge in [0, 0.05) is 19.0 Å². The van der Waals surface area contributed by atoms with Crippen molar-refractivity contribution < 1.29 is 9.53 Å². The van der Waals surface area contributed by atoms with Crippen molar-refractivity contribution >= 4 is 39.2 Å². The van der Waals surface area contributed by atoms with Crippen LogP contribution in [-0.4, -0.2) is 47.3 Å². The highest BCUT2D eigenvalue weighted by atomic mass is 32.2. The highest BCUT2D eigenvalue weighted by molar-refractivity contribution is 7.99. The molecule has 148 valence electrons. The van der Waals surface area contributed by atoms with Crippen molar-refractivity contribution in [2.24, 2.45) is 0 Å². The first-order valence-corrected chi connectivity index (χ1v) is 10.6. The molecule has 0 N–H and O–H groups in total. The number of fused-ring (bicyclic) bond motifs is 1. The minimum Gasteiger partial charge on any atom is -0.495 e. The summed E-state index contributed by atoms with van der Waals surface area (Å²) >= 11 is 2.76. The van der Waals surface area contributed by atoms with Gasteiger partial charge < -0.3 is 9.64 Å². The van der Waals surface area contributed by atoms with Crippen LogP contribution in [0.2, 0.25) is 0 Å². The number of carbonyl (C=O) groups excluding carboxylic acids is 1. The fourth-order valence-electron chi connectivity index (χ4n) is 2.81. The molecule has 6 nitrogen and oxygen atoms in total. The number of thioether (sulfide) groups is 1. The second kappa shape index (κ2) is 7.97. The van der Waals surface area contributed by atoms with Gasteiger partial charge in [0.15, 0.2) is 5.16 Å². The number of hydrogen-bond acceptors (Lipinski definition) is 6. The molecule has 0 aliphatic heterocycles. The smallest absolute Gasteiger partial charge is 0.267 e. The van der Waals surface area contributed by atoms with E-state index in [9.17, 15) is 9.59 Å². The number of carbonyl (C=O) groups is 1. The zero-order valence-electron chi connectivity index (χ0n) is 16.8. The van der Waals surface area contributed by atoms with Gasteiger partial charge in [0.05, 0.1) is 23.9 Å². The number of aromatic nitrogens is 2. The molecule has 1 amide bonds. The predicted octanol–water partition coefficient (Wildman–Crippen LogP) is 3.56. The summed E-state index contributed by atoms with van der Waals surface area (Å²) in [6.07, 6.45) is 0. The van der Waals surface area contributed by atoms with Crippen LogP contribution in [0.3, 0.4) is 0 Å². The molecule has 8 heteroatoms. The van der Waals surface area contributed by atoms with Gasteiger partial charge in [-0.3, -0.25) is 14.2 Å². The molecule has 3 rings (SSSR count). The zero-order valence-corrected chi connectivity index (χ0v) is 18.5. The monoisotopic (exact) mass is 417 g/mol. The van der Waals surface area contributed by atoms with Gasteiger partial charge in [-0.25, -0.2) is 4.98 Å². The third-order valence-electron chi connectivity index (χ3n) is 4.57. The van der Waals surface area contributed by atoms with Crippen LogP contribution in [-0.2, 0) is 4.79 Å². The molecule has 0 fully saturated rings. The van der Waals surface area contributed by atoms with Crippen LogP contribution in [0.5, 0.6) is 5.75 Å². The number of aryl methyl sites for hydroxylation is 3. The fraction of sp³-hybridized carbons (Fsp3) is 0.350. The van der Waals surface area contributed by atoms with Crippen molar-refractivity contribution in [1.29, 1.82) is 0 Å². The number of amides is 1. The number of hydrogen-bond donors (Lipinski definition) is 0. The minimum absolute atomic E-state index is 0.0411. The maximum atomic E-state index is 13.5. The Balaban J connectivity index is 2.29. The van der Waals surface area contributed by atoms with Gasteiger partial charge in [0.25, 0.3) is 5.56 Å². The minimum atomic E-state index is -0.143. The standard InChI is InChI=1S/C20H23N3O3S2/c1-11-7-8-15(26-6)14(9-11)23-19(25)17-12(2)13(3)28-18(17)21-20(23)27-10-16(24)22(4)5/h7-9H,10H2,1-6H3. The first-order chi connectivity index (χ1) is 13.2. The lowest BCUT2D eigenvalue weighted by atomic mass is 10.2. The van der Waals surface area contributed by atoms with Crippen LogP contribution in [0, 0.1) is 20.8 Å². The van der Waals surface area contributed by atoms with E-state index in [4.69, 9.17) is 9.72 Å². The van der Waals surface area contributed by atoms with Crippen molar-refractivity contribution in [3.8, 4) is 11.4 Å². The first kappa shape index (κ1) is 20.4. The molecule has 2 heterocycles. The van der Waals surface area contributed by atoms with Crippen molar-refractivity contribution in [2.45, 2.75) is 25.9 Å². The molecule has 0 aliphatic rings. The van der Waals surface area contributed by atoms with E-state index in [1.165, 1.54) is 28.0 Å². The van der Waals surface area contributed by atoms with Crippen LogP contribution in [0.25, 0.3) is 15.9 Å². The van der Waals surface area contributed by atoms with E-state index in [0.717, 1.165) is 16.0 Å². The third kappa shape index (κ3) is 3.66. The Morgan fingerprint density at radius 2 is 2.00 bits per heavy atom. The number of thiophene rings is 1. The summed E-state index contributed by atoms with van der Waals surface area (Å²) in [5.41, 5.74) is 2.43. The van der Waals surface area contributed by atoms with Crippen molar-refractivity contribution in [3.05, 3.63) is 44.6 Å². The molecular weight excluding hydrogens is 394 g/mol. The summed E-state index contributed by atoms with van der Waals surface area (Å²) in [6, 6.07) is 5.67. The fourth-order valence-corrected chi connectivity index (χ4v) is 4.87. The Hall–Kier alpha value is -2.32. The molecule has 28 heavy (non-hydrogen) atoms. The van der Waals surface area contributed by atoms with Gasteiger partial charge in [-0.2, -0.15) is 0 Å². The van der Waals surface area contributed by atoms with Gasteiger partial charge in [0.1, 0.15) is 10.6 Å². The number of benzene rings is 1. The van der Waals surface area contributed by atoms with E-state index in [1.54, 1.807) is 25.8 Å². The van der Waals surface area contributed by atoms with Gasteiger partial charge >= 0.3 is 0 Å². The lowest BCUT2D eigenvalue weighted by molar-refractivity contribution is -0.125. The van der Waals surface area contributed by atoms with E-state index in [2.05, 4.69) is 0 Å². The van der Waals surface area contributed by atoms with Crippen molar-refractivity contribution in [1.82, 2.24) is 14.5 Å². The quantitative estimate of drug-likeness (QED) is 0.469. The van der Waals surface area contributed by atoms with Crippen molar-refractivity contribution in [3.63, 3.8) is 0 Å². The van der Waals surface area contributed by atoms with Gasteiger partial charge in [-0.1, -0.05) is 17.8 Å². The summed E-state index contributed by atoms with van der Waals surface area (Å²) < 4.78 is 7.08. The number of rotatable bonds is 5. The zero-order chi connectivity index (χ0) is 20.6. The molecule has 0 bridgehead atoms. The van der Waals surface area contributed by atoms with E-state index in [-0.39, 0.29) is 17.2 Å². The third-order valence-corrected chi connectivity index (χ3v) is 6.60. The number of ether oxygens (including phenoxy) is 1. The lowest BCUT2D eigenvalue weighted by Gasteiger charge is -2.16. The highest BCUT2D eigenvalue weighted by Crippen LogP contribution is 2.32. The molecule has 0 saturated heterocycles. The number of nitrogens with zero attached hydrogens (tertiary/aromatic N) is 3. The molecule has 2 aromatic heterocycles. The van der Waals surface area contributed by atoms with Crippen LogP contribution >= 0.6 is 23.1 Å². The maximum absolute atomic E-state index is 13.5. The maximum Gasteiger partial charge on any atom is 0.267 e. The topological polar surface area (TPSA) is 64.4 Å². The van der Waals surface area contributed by atoms with Crippen LogP contribution in [0.1, 0.15) is 16.0 Å². The first-order valence-electron chi connectivity index (χ1n) is 8.75. The van der Waals surface area contributed by atoms with Crippen LogP contribution < -0.4 is 10.3 Å². The molecular formula is C20H23N3O3S2. The normalized spacial score (nSPS) is 11.1. The second-order valence-electron chi connectivity index (χ2n) is 6.75. The van der Waals surface area contributed by atoms with E-state index in [0.29, 0.717) is 26.8 Å². The summed E-state index contributed by atoms with van der Waals surface area (Å²) in [4.78, 5) is 33.7. The largest absolute Gasteiger partial charge is 0.495 e. The summed E-state index contributed by atoms with van der Waals surface area (Å²) in [5.74, 6) is 0.738. The van der Waals surface area contributed by atoms with Crippen LogP contribution in [0.15, 0.2) is 28.2 Å². The Morgan fingerprint density at radius 3 is 2.64 bits per heavy atom. The lowest BCUT2D eigenvalue weighted by Crippen LogP contribution is -2.25. The average molecular weight is 418 g/mol. The van der Waals surface area contributed by atoms with E-state index >= 15 is 0 Å². The molecule has 0 spiro atoms. The Morgan fingerprint density at radius 1 is 1.29 bits per heavy atom. The molecule has 0 atom stereocenters. The van der Waals surface area contributed by atoms with E-state index in [1.807, 2.05) is 39.0 Å². The summed E-state index contributed by atoms with van der Waals surface area (Å²) in [7, 11) is 5.00. The Kier molecular flexibility index (Phi) is 5.81.